The largest absolute Gasteiger partial charge is 0.493 e. The fourth-order valence-electron chi connectivity index (χ4n) is 3.49. The van der Waals surface area contributed by atoms with Crippen molar-refractivity contribution in [2.24, 2.45) is 0 Å². The number of amides is 2. The Labute approximate surface area is 176 Å². The molecule has 0 unspecified atom stereocenters. The molecule has 7 heteroatoms. The lowest BCUT2D eigenvalue weighted by molar-refractivity contribution is -0.130. The minimum Gasteiger partial charge on any atom is -0.493 e. The highest BCUT2D eigenvalue weighted by Gasteiger charge is 2.23. The molecule has 2 aromatic rings. The number of hydrogen-bond acceptors (Lipinski definition) is 4. The molecule has 1 atom stereocenters. The molecule has 30 heavy (non-hydrogen) atoms. The van der Waals surface area contributed by atoms with Crippen molar-refractivity contribution in [3.63, 3.8) is 0 Å². The number of ether oxygens (including phenoxy) is 2. The SMILES string of the molecule is COc1cc(C(=O)N[C@@H](C)c2ccc(F)cc2)ccc1OC1CCN(C(C)=O)CC1. The molecule has 1 saturated heterocycles. The topological polar surface area (TPSA) is 67.9 Å². The molecular formula is C23H27FN2O4. The summed E-state index contributed by atoms with van der Waals surface area (Å²) in [6, 6.07) is 10.8. The van der Waals surface area contributed by atoms with E-state index < -0.39 is 0 Å². The van der Waals surface area contributed by atoms with Crippen LogP contribution >= 0.6 is 0 Å². The fourth-order valence-corrected chi connectivity index (χ4v) is 3.49. The molecule has 2 amide bonds. The van der Waals surface area contributed by atoms with Crippen LogP contribution in [-0.2, 0) is 4.79 Å². The lowest BCUT2D eigenvalue weighted by Gasteiger charge is -2.31. The number of methoxy groups -OCH3 is 1. The summed E-state index contributed by atoms with van der Waals surface area (Å²) in [5, 5.41) is 2.90. The second-order valence-corrected chi connectivity index (χ2v) is 7.44. The first-order chi connectivity index (χ1) is 14.4. The van der Waals surface area contributed by atoms with Crippen molar-refractivity contribution in [1.29, 1.82) is 0 Å². The van der Waals surface area contributed by atoms with Crippen LogP contribution in [0.3, 0.4) is 0 Å². The van der Waals surface area contributed by atoms with Crippen molar-refractivity contribution in [2.75, 3.05) is 20.2 Å². The Morgan fingerprint density at radius 2 is 1.77 bits per heavy atom. The first kappa shape index (κ1) is 21.6. The number of carbonyl (C=O) groups is 2. The van der Waals surface area contributed by atoms with Crippen LogP contribution in [0.2, 0.25) is 0 Å². The molecule has 0 spiro atoms. The van der Waals surface area contributed by atoms with Gasteiger partial charge in [-0.25, -0.2) is 4.39 Å². The van der Waals surface area contributed by atoms with Crippen molar-refractivity contribution in [1.82, 2.24) is 10.2 Å². The number of carbonyl (C=O) groups excluding carboxylic acids is 2. The van der Waals surface area contributed by atoms with Gasteiger partial charge in [0.05, 0.1) is 13.2 Å². The zero-order valence-corrected chi connectivity index (χ0v) is 17.5. The van der Waals surface area contributed by atoms with E-state index in [-0.39, 0.29) is 29.8 Å². The third-order valence-electron chi connectivity index (χ3n) is 5.32. The molecule has 1 fully saturated rings. The Morgan fingerprint density at radius 3 is 2.37 bits per heavy atom. The molecule has 6 nitrogen and oxygen atoms in total. The number of nitrogens with one attached hydrogen (secondary N) is 1. The molecule has 0 aromatic heterocycles. The molecule has 1 N–H and O–H groups in total. The number of rotatable bonds is 6. The molecule has 2 aromatic carbocycles. The molecule has 0 aliphatic carbocycles. The molecule has 1 aliphatic rings. The highest BCUT2D eigenvalue weighted by molar-refractivity contribution is 5.95. The number of likely N-dealkylation sites (tertiary alicyclic amines) is 1. The highest BCUT2D eigenvalue weighted by Crippen LogP contribution is 2.31. The molecule has 3 rings (SSSR count). The van der Waals surface area contributed by atoms with Gasteiger partial charge in [-0.1, -0.05) is 12.1 Å². The van der Waals surface area contributed by atoms with E-state index in [1.165, 1.54) is 19.2 Å². The Balaban J connectivity index is 1.64. The van der Waals surface area contributed by atoms with Crippen LogP contribution in [0, 0.1) is 5.82 Å². The van der Waals surface area contributed by atoms with Crippen LogP contribution < -0.4 is 14.8 Å². The highest BCUT2D eigenvalue weighted by atomic mass is 19.1. The summed E-state index contributed by atoms with van der Waals surface area (Å²) in [4.78, 5) is 25.9. The average molecular weight is 414 g/mol. The van der Waals surface area contributed by atoms with Crippen molar-refractivity contribution in [3.8, 4) is 11.5 Å². The predicted octanol–water partition coefficient (Wildman–Crippen LogP) is 3.72. The van der Waals surface area contributed by atoms with Gasteiger partial charge in [-0.15, -0.1) is 0 Å². The standard InChI is InChI=1S/C23H27FN2O4/c1-15(17-4-7-19(24)8-5-17)25-23(28)18-6-9-21(22(14-18)29-3)30-20-10-12-26(13-11-20)16(2)27/h4-9,14-15,20H,10-13H2,1-3H3,(H,25,28)/t15-/m0/s1. The molecule has 0 saturated carbocycles. The normalized spacial score (nSPS) is 15.4. The smallest absolute Gasteiger partial charge is 0.251 e. The number of nitrogens with zero attached hydrogens (tertiary/aromatic N) is 1. The maximum atomic E-state index is 13.1. The zero-order valence-electron chi connectivity index (χ0n) is 17.5. The lowest BCUT2D eigenvalue weighted by atomic mass is 10.1. The van der Waals surface area contributed by atoms with Gasteiger partial charge in [0.25, 0.3) is 5.91 Å². The van der Waals surface area contributed by atoms with E-state index >= 15 is 0 Å². The predicted molar refractivity (Wildman–Crippen MR) is 111 cm³/mol. The lowest BCUT2D eigenvalue weighted by Crippen LogP contribution is -2.40. The van der Waals surface area contributed by atoms with Crippen molar-refractivity contribution in [3.05, 3.63) is 59.4 Å². The van der Waals surface area contributed by atoms with Crippen LogP contribution in [0.5, 0.6) is 11.5 Å². The fraction of sp³-hybridized carbons (Fsp3) is 0.391. The Kier molecular flexibility index (Phi) is 6.92. The third kappa shape index (κ3) is 5.28. The first-order valence-corrected chi connectivity index (χ1v) is 10.0. The summed E-state index contributed by atoms with van der Waals surface area (Å²) in [5.41, 5.74) is 1.26. The number of benzene rings is 2. The van der Waals surface area contributed by atoms with Gasteiger partial charge in [-0.2, -0.15) is 0 Å². The van der Waals surface area contributed by atoms with E-state index in [0.29, 0.717) is 30.2 Å². The van der Waals surface area contributed by atoms with E-state index in [4.69, 9.17) is 9.47 Å². The Bertz CT molecular complexity index is 893. The monoisotopic (exact) mass is 414 g/mol. The van der Waals surface area contributed by atoms with Crippen molar-refractivity contribution >= 4 is 11.8 Å². The number of halogens is 1. The summed E-state index contributed by atoms with van der Waals surface area (Å²) >= 11 is 0. The molecule has 0 radical (unpaired) electrons. The molecule has 1 heterocycles. The molecular weight excluding hydrogens is 387 g/mol. The van der Waals surface area contributed by atoms with Gasteiger partial charge in [0.2, 0.25) is 5.91 Å². The summed E-state index contributed by atoms with van der Waals surface area (Å²) in [5.74, 6) is 0.556. The van der Waals surface area contributed by atoms with E-state index in [1.54, 1.807) is 37.3 Å². The maximum Gasteiger partial charge on any atom is 0.251 e. The quantitative estimate of drug-likeness (QED) is 0.782. The van der Waals surface area contributed by atoms with Gasteiger partial charge in [0.15, 0.2) is 11.5 Å². The van der Waals surface area contributed by atoms with E-state index in [0.717, 1.165) is 18.4 Å². The van der Waals surface area contributed by atoms with Gasteiger partial charge in [-0.3, -0.25) is 9.59 Å². The van der Waals surface area contributed by atoms with Gasteiger partial charge >= 0.3 is 0 Å². The second-order valence-electron chi connectivity index (χ2n) is 7.44. The number of piperidine rings is 1. The first-order valence-electron chi connectivity index (χ1n) is 10.0. The second kappa shape index (κ2) is 9.61. The summed E-state index contributed by atoms with van der Waals surface area (Å²) < 4.78 is 24.6. The van der Waals surface area contributed by atoms with E-state index in [1.807, 2.05) is 11.8 Å². The summed E-state index contributed by atoms with van der Waals surface area (Å²) in [6.45, 7) is 4.76. The van der Waals surface area contributed by atoms with E-state index in [2.05, 4.69) is 5.32 Å². The molecule has 160 valence electrons. The van der Waals surface area contributed by atoms with Crippen LogP contribution in [0.4, 0.5) is 4.39 Å². The molecule has 1 aliphatic heterocycles. The van der Waals surface area contributed by atoms with E-state index in [9.17, 15) is 14.0 Å². The van der Waals surface area contributed by atoms with Crippen LogP contribution in [-0.4, -0.2) is 43.0 Å². The van der Waals surface area contributed by atoms with Crippen molar-refractivity contribution in [2.45, 2.75) is 38.8 Å². The van der Waals surface area contributed by atoms with Gasteiger partial charge < -0.3 is 19.7 Å². The van der Waals surface area contributed by atoms with Crippen LogP contribution in [0.25, 0.3) is 0 Å². The third-order valence-corrected chi connectivity index (χ3v) is 5.32. The summed E-state index contributed by atoms with van der Waals surface area (Å²) in [7, 11) is 1.53. The zero-order chi connectivity index (χ0) is 21.7. The molecule has 0 bridgehead atoms. The minimum atomic E-state index is -0.315. The summed E-state index contributed by atoms with van der Waals surface area (Å²) in [6.07, 6.45) is 1.49. The van der Waals surface area contributed by atoms with Crippen LogP contribution in [0.1, 0.15) is 48.7 Å². The number of hydrogen-bond donors (Lipinski definition) is 1. The Hall–Kier alpha value is -3.09. The van der Waals surface area contributed by atoms with Crippen LogP contribution in [0.15, 0.2) is 42.5 Å². The minimum absolute atomic E-state index is 0.00678. The van der Waals surface area contributed by atoms with Crippen molar-refractivity contribution < 1.29 is 23.5 Å². The average Bonchev–Trinajstić information content (AvgIpc) is 2.74. The van der Waals surface area contributed by atoms with Gasteiger partial charge in [0.1, 0.15) is 11.9 Å². The Morgan fingerprint density at radius 1 is 1.10 bits per heavy atom. The van der Waals surface area contributed by atoms with Gasteiger partial charge in [-0.05, 0) is 42.8 Å². The van der Waals surface area contributed by atoms with Gasteiger partial charge in [0, 0.05) is 38.4 Å². The maximum absolute atomic E-state index is 13.1.